The van der Waals surface area contributed by atoms with E-state index in [4.69, 9.17) is 4.74 Å². The summed E-state index contributed by atoms with van der Waals surface area (Å²) >= 11 is 3.32. The molecule has 0 saturated heterocycles. The summed E-state index contributed by atoms with van der Waals surface area (Å²) in [6.45, 7) is 6.80. The Morgan fingerprint density at radius 1 is 1.67 bits per heavy atom. The van der Waals surface area contributed by atoms with Crippen molar-refractivity contribution < 1.29 is 9.66 Å². The third kappa shape index (κ3) is 3.64. The van der Waals surface area contributed by atoms with Crippen molar-refractivity contribution in [3.8, 4) is 0 Å². The van der Waals surface area contributed by atoms with Crippen molar-refractivity contribution in [3.05, 3.63) is 26.3 Å². The second kappa shape index (κ2) is 6.65. The van der Waals surface area contributed by atoms with Crippen LogP contribution in [0.15, 0.2) is 10.7 Å². The Balaban J connectivity index is 2.79. The molecule has 0 aliphatic rings. The minimum Gasteiger partial charge on any atom is -0.377 e. The predicted molar refractivity (Wildman–Crippen MR) is 72.9 cm³/mol. The van der Waals surface area contributed by atoms with Gasteiger partial charge in [0.25, 0.3) is 5.69 Å². The second-order valence-electron chi connectivity index (χ2n) is 3.83. The topological polar surface area (TPSA) is 77.3 Å². The van der Waals surface area contributed by atoms with E-state index in [1.165, 1.54) is 6.20 Å². The summed E-state index contributed by atoms with van der Waals surface area (Å²) in [5.74, 6) is 0.588. The molecule has 0 aliphatic carbocycles. The lowest BCUT2D eigenvalue weighted by molar-refractivity contribution is -0.385. The van der Waals surface area contributed by atoms with Crippen LogP contribution in [-0.2, 0) is 4.74 Å². The smallest absolute Gasteiger partial charge is 0.291 e. The molecule has 1 heterocycles. The van der Waals surface area contributed by atoms with Crippen LogP contribution in [0.25, 0.3) is 0 Å². The van der Waals surface area contributed by atoms with Crippen LogP contribution in [0.3, 0.4) is 0 Å². The van der Waals surface area contributed by atoms with Crippen LogP contribution in [0.1, 0.15) is 19.4 Å². The van der Waals surface area contributed by atoms with E-state index < -0.39 is 4.92 Å². The summed E-state index contributed by atoms with van der Waals surface area (Å²) in [5, 5.41) is 13.8. The Morgan fingerprint density at radius 2 is 2.33 bits per heavy atom. The lowest BCUT2D eigenvalue weighted by atomic mass is 10.2. The molecule has 0 aliphatic heterocycles. The SMILES string of the molecule is CCOC(C)CNc1ncc([N+](=O)[O-])c(C)c1Br. The zero-order chi connectivity index (χ0) is 13.7. The summed E-state index contributed by atoms with van der Waals surface area (Å²) in [5.41, 5.74) is 0.562. The van der Waals surface area contributed by atoms with E-state index in [9.17, 15) is 10.1 Å². The number of hydrogen-bond acceptors (Lipinski definition) is 5. The first-order valence-electron chi connectivity index (χ1n) is 5.62. The molecule has 1 rings (SSSR count). The molecule has 0 bridgehead atoms. The summed E-state index contributed by atoms with van der Waals surface area (Å²) in [4.78, 5) is 14.3. The van der Waals surface area contributed by atoms with Crippen LogP contribution < -0.4 is 5.32 Å². The Hall–Kier alpha value is -1.21. The molecular formula is C11H16BrN3O3. The van der Waals surface area contributed by atoms with Gasteiger partial charge >= 0.3 is 0 Å². The Labute approximate surface area is 114 Å². The third-order valence-corrected chi connectivity index (χ3v) is 3.41. The normalized spacial score (nSPS) is 12.2. The number of nitrogens with zero attached hydrogens (tertiary/aromatic N) is 2. The van der Waals surface area contributed by atoms with Crippen LogP contribution in [0.2, 0.25) is 0 Å². The molecule has 1 atom stereocenters. The highest BCUT2D eigenvalue weighted by Gasteiger charge is 2.17. The first kappa shape index (κ1) is 14.8. The molecule has 0 radical (unpaired) electrons. The maximum absolute atomic E-state index is 10.7. The fraction of sp³-hybridized carbons (Fsp3) is 0.545. The molecule has 18 heavy (non-hydrogen) atoms. The van der Waals surface area contributed by atoms with Gasteiger partial charge in [-0.15, -0.1) is 0 Å². The number of anilines is 1. The van der Waals surface area contributed by atoms with Gasteiger partial charge in [0.05, 0.1) is 15.5 Å². The maximum Gasteiger partial charge on any atom is 0.291 e. The molecule has 0 spiro atoms. The highest BCUT2D eigenvalue weighted by molar-refractivity contribution is 9.10. The molecule has 7 heteroatoms. The van der Waals surface area contributed by atoms with E-state index in [1.54, 1.807) is 6.92 Å². The molecule has 0 amide bonds. The fourth-order valence-corrected chi connectivity index (χ4v) is 1.91. The molecule has 1 aromatic rings. The number of hydrogen-bond donors (Lipinski definition) is 1. The minimum atomic E-state index is -0.445. The van der Waals surface area contributed by atoms with Gasteiger partial charge in [0.15, 0.2) is 0 Å². The van der Waals surface area contributed by atoms with Gasteiger partial charge in [-0.2, -0.15) is 0 Å². The average molecular weight is 318 g/mol. The van der Waals surface area contributed by atoms with Crippen LogP contribution in [0.5, 0.6) is 0 Å². The number of halogens is 1. The minimum absolute atomic E-state index is 0.00489. The van der Waals surface area contributed by atoms with E-state index in [2.05, 4.69) is 26.2 Å². The number of aromatic nitrogens is 1. The lowest BCUT2D eigenvalue weighted by Gasteiger charge is -2.14. The van der Waals surface area contributed by atoms with Gasteiger partial charge in [0, 0.05) is 18.7 Å². The zero-order valence-corrected chi connectivity index (χ0v) is 12.2. The summed E-state index contributed by atoms with van der Waals surface area (Å²) in [6.07, 6.45) is 1.31. The van der Waals surface area contributed by atoms with Crippen molar-refractivity contribution >= 4 is 27.4 Å². The van der Waals surface area contributed by atoms with Gasteiger partial charge in [0.2, 0.25) is 0 Å². The monoisotopic (exact) mass is 317 g/mol. The molecule has 0 aromatic carbocycles. The Bertz CT molecular complexity index is 440. The maximum atomic E-state index is 10.7. The molecule has 0 fully saturated rings. The van der Waals surface area contributed by atoms with Crippen molar-refractivity contribution in [1.82, 2.24) is 4.98 Å². The fourth-order valence-electron chi connectivity index (χ4n) is 1.46. The van der Waals surface area contributed by atoms with Gasteiger partial charge < -0.3 is 10.1 Å². The number of nitrogens with one attached hydrogen (secondary N) is 1. The first-order valence-corrected chi connectivity index (χ1v) is 6.41. The van der Waals surface area contributed by atoms with Crippen LogP contribution in [0, 0.1) is 17.0 Å². The average Bonchev–Trinajstić information content (AvgIpc) is 2.31. The Kier molecular flexibility index (Phi) is 5.49. The molecule has 0 saturated carbocycles. The number of ether oxygens (including phenoxy) is 1. The van der Waals surface area contributed by atoms with Crippen LogP contribution in [-0.4, -0.2) is 29.2 Å². The molecule has 100 valence electrons. The number of rotatable bonds is 6. The predicted octanol–water partition coefficient (Wildman–Crippen LogP) is 2.90. The number of pyridine rings is 1. The summed E-state index contributed by atoms with van der Waals surface area (Å²) in [7, 11) is 0. The van der Waals surface area contributed by atoms with E-state index in [0.717, 1.165) is 0 Å². The van der Waals surface area contributed by atoms with Gasteiger partial charge in [-0.1, -0.05) is 0 Å². The Morgan fingerprint density at radius 3 is 2.89 bits per heavy atom. The molecule has 6 nitrogen and oxygen atoms in total. The molecule has 1 aromatic heterocycles. The van der Waals surface area contributed by atoms with Crippen LogP contribution in [0.4, 0.5) is 11.5 Å². The highest BCUT2D eigenvalue weighted by atomic mass is 79.9. The summed E-state index contributed by atoms with van der Waals surface area (Å²) < 4.78 is 5.99. The first-order chi connectivity index (χ1) is 8.47. The second-order valence-corrected chi connectivity index (χ2v) is 4.63. The lowest BCUT2D eigenvalue weighted by Crippen LogP contribution is -2.20. The van der Waals surface area contributed by atoms with E-state index in [-0.39, 0.29) is 11.8 Å². The van der Waals surface area contributed by atoms with E-state index >= 15 is 0 Å². The van der Waals surface area contributed by atoms with Crippen molar-refractivity contribution in [1.29, 1.82) is 0 Å². The highest BCUT2D eigenvalue weighted by Crippen LogP contribution is 2.30. The van der Waals surface area contributed by atoms with Crippen molar-refractivity contribution in [2.45, 2.75) is 26.9 Å². The summed E-state index contributed by atoms with van der Waals surface area (Å²) in [6, 6.07) is 0. The standard InChI is InChI=1S/C11H16BrN3O3/c1-4-18-7(2)5-13-11-10(12)8(3)9(6-14-11)15(16)17/h6-7H,4-5H2,1-3H3,(H,13,14). The quantitative estimate of drug-likeness (QED) is 0.644. The van der Waals surface area contributed by atoms with Gasteiger partial charge in [0.1, 0.15) is 12.0 Å². The van der Waals surface area contributed by atoms with Gasteiger partial charge in [-0.05, 0) is 36.7 Å². The molecule has 1 N–H and O–H groups in total. The van der Waals surface area contributed by atoms with Crippen molar-refractivity contribution in [2.75, 3.05) is 18.5 Å². The number of nitro groups is 1. The largest absolute Gasteiger partial charge is 0.377 e. The van der Waals surface area contributed by atoms with Gasteiger partial charge in [-0.3, -0.25) is 10.1 Å². The van der Waals surface area contributed by atoms with E-state index in [0.29, 0.717) is 29.0 Å². The van der Waals surface area contributed by atoms with Gasteiger partial charge in [-0.25, -0.2) is 4.98 Å². The third-order valence-electron chi connectivity index (χ3n) is 2.44. The molecular weight excluding hydrogens is 302 g/mol. The zero-order valence-electron chi connectivity index (χ0n) is 10.6. The van der Waals surface area contributed by atoms with E-state index in [1.807, 2.05) is 13.8 Å². The van der Waals surface area contributed by atoms with Crippen LogP contribution >= 0.6 is 15.9 Å². The van der Waals surface area contributed by atoms with Crippen molar-refractivity contribution in [3.63, 3.8) is 0 Å². The van der Waals surface area contributed by atoms with Crippen molar-refractivity contribution in [2.24, 2.45) is 0 Å². The molecule has 1 unspecified atom stereocenters.